The van der Waals surface area contributed by atoms with Crippen LogP contribution in [-0.2, 0) is 19.1 Å². The maximum absolute atomic E-state index is 10.4. The summed E-state index contributed by atoms with van der Waals surface area (Å²) < 4.78 is 8.67. The van der Waals surface area contributed by atoms with Crippen molar-refractivity contribution in [2.45, 2.75) is 13.0 Å². The van der Waals surface area contributed by atoms with Gasteiger partial charge in [-0.3, -0.25) is 0 Å². The van der Waals surface area contributed by atoms with Gasteiger partial charge in [0, 0.05) is 0 Å². The molecule has 0 saturated carbocycles. The fourth-order valence-electron chi connectivity index (χ4n) is 0.444. The van der Waals surface area contributed by atoms with Gasteiger partial charge >= 0.3 is 11.9 Å². The predicted molar refractivity (Wildman–Crippen MR) is 26.5 cm³/mol. The third kappa shape index (κ3) is 1.19. The van der Waals surface area contributed by atoms with E-state index in [1.807, 2.05) is 0 Å². The second-order valence-electron chi connectivity index (χ2n) is 1.57. The first-order valence-corrected chi connectivity index (χ1v) is 2.63. The van der Waals surface area contributed by atoms with Crippen molar-refractivity contribution in [3.8, 4) is 0 Å². The van der Waals surface area contributed by atoms with Crippen molar-refractivity contribution in [1.82, 2.24) is 0 Å². The summed E-state index contributed by atoms with van der Waals surface area (Å²) in [5.74, 6) is -1.07. The zero-order valence-electron chi connectivity index (χ0n) is 4.92. The van der Waals surface area contributed by atoms with Gasteiger partial charge in [-0.1, -0.05) is 0 Å². The molecule has 1 heterocycles. The molecule has 1 atom stereocenters. The van der Waals surface area contributed by atoms with E-state index in [0.29, 0.717) is 0 Å². The standard InChI is InChI=1S/C5H6O4/c1-2-8-4(6)3-5(7)9-3/h3H,2H2,1H3. The van der Waals surface area contributed by atoms with Crippen molar-refractivity contribution in [3.63, 3.8) is 0 Å². The minimum atomic E-state index is -0.912. The lowest BCUT2D eigenvalue weighted by Crippen LogP contribution is -2.11. The summed E-state index contributed by atoms with van der Waals surface area (Å²) in [7, 11) is 0. The normalized spacial score (nSPS) is 22.8. The van der Waals surface area contributed by atoms with E-state index in [-0.39, 0.29) is 6.61 Å². The van der Waals surface area contributed by atoms with Crippen molar-refractivity contribution < 1.29 is 19.1 Å². The molecule has 1 saturated heterocycles. The van der Waals surface area contributed by atoms with E-state index in [1.54, 1.807) is 6.92 Å². The topological polar surface area (TPSA) is 55.9 Å². The summed E-state index contributed by atoms with van der Waals surface area (Å²) in [5, 5.41) is 0. The van der Waals surface area contributed by atoms with Crippen LogP contribution in [0, 0.1) is 0 Å². The number of rotatable bonds is 2. The molecule has 9 heavy (non-hydrogen) atoms. The Morgan fingerprint density at radius 3 is 2.78 bits per heavy atom. The molecular formula is C5H6O4. The Labute approximate surface area is 51.7 Å². The predicted octanol–water partition coefficient (Wildman–Crippen LogP) is -0.525. The summed E-state index contributed by atoms with van der Waals surface area (Å²) in [5.41, 5.74) is 0. The highest BCUT2D eigenvalue weighted by molar-refractivity contribution is 6.07. The highest BCUT2D eigenvalue weighted by Crippen LogP contribution is 2.12. The summed E-state index contributed by atoms with van der Waals surface area (Å²) >= 11 is 0. The summed E-state index contributed by atoms with van der Waals surface area (Å²) in [6.07, 6.45) is -0.912. The van der Waals surface area contributed by atoms with Gasteiger partial charge in [-0.05, 0) is 6.92 Å². The molecule has 50 valence electrons. The first-order chi connectivity index (χ1) is 4.25. The van der Waals surface area contributed by atoms with Gasteiger partial charge in [-0.15, -0.1) is 0 Å². The molecule has 0 amide bonds. The smallest absolute Gasteiger partial charge is 0.360 e. The highest BCUT2D eigenvalue weighted by atomic mass is 16.7. The molecule has 0 aromatic carbocycles. The van der Waals surface area contributed by atoms with Gasteiger partial charge < -0.3 is 9.47 Å². The van der Waals surface area contributed by atoms with Crippen LogP contribution in [0.25, 0.3) is 0 Å². The Morgan fingerprint density at radius 1 is 1.89 bits per heavy atom. The van der Waals surface area contributed by atoms with Gasteiger partial charge in [0.15, 0.2) is 0 Å². The lowest BCUT2D eigenvalue weighted by molar-refractivity contribution is -0.144. The Kier molecular flexibility index (Phi) is 1.38. The van der Waals surface area contributed by atoms with Crippen LogP contribution >= 0.6 is 0 Å². The number of cyclic esters (lactones) is 1. The van der Waals surface area contributed by atoms with Gasteiger partial charge in [-0.2, -0.15) is 0 Å². The van der Waals surface area contributed by atoms with Crippen molar-refractivity contribution in [1.29, 1.82) is 0 Å². The first-order valence-electron chi connectivity index (χ1n) is 2.63. The zero-order valence-corrected chi connectivity index (χ0v) is 4.92. The van der Waals surface area contributed by atoms with Crippen LogP contribution in [0.1, 0.15) is 6.92 Å². The van der Waals surface area contributed by atoms with E-state index in [2.05, 4.69) is 9.47 Å². The van der Waals surface area contributed by atoms with Crippen molar-refractivity contribution in [2.75, 3.05) is 6.61 Å². The lowest BCUT2D eigenvalue weighted by Gasteiger charge is -1.92. The molecule has 1 aliphatic rings. The molecule has 1 fully saturated rings. The highest BCUT2D eigenvalue weighted by Gasteiger charge is 2.46. The molecule has 4 heteroatoms. The van der Waals surface area contributed by atoms with Crippen LogP contribution in [0.15, 0.2) is 0 Å². The van der Waals surface area contributed by atoms with E-state index >= 15 is 0 Å². The number of carbonyl (C=O) groups is 2. The van der Waals surface area contributed by atoms with Gasteiger partial charge in [0.25, 0.3) is 6.10 Å². The molecule has 0 aromatic rings. The minimum Gasteiger partial charge on any atom is -0.463 e. The Balaban J connectivity index is 2.28. The second kappa shape index (κ2) is 2.05. The second-order valence-corrected chi connectivity index (χ2v) is 1.57. The molecule has 0 radical (unpaired) electrons. The van der Waals surface area contributed by atoms with Crippen LogP contribution in [0.5, 0.6) is 0 Å². The van der Waals surface area contributed by atoms with Crippen molar-refractivity contribution >= 4 is 11.9 Å². The summed E-state index contributed by atoms with van der Waals surface area (Å²) in [6.45, 7) is 1.96. The first kappa shape index (κ1) is 6.07. The SMILES string of the molecule is CCOC(=O)C1OC1=O. The quantitative estimate of drug-likeness (QED) is 0.286. The van der Waals surface area contributed by atoms with E-state index in [1.165, 1.54) is 0 Å². The third-order valence-electron chi connectivity index (χ3n) is 0.892. The van der Waals surface area contributed by atoms with Crippen LogP contribution in [0.4, 0.5) is 0 Å². The number of hydrogen-bond donors (Lipinski definition) is 0. The van der Waals surface area contributed by atoms with Gasteiger partial charge in [0.05, 0.1) is 6.61 Å². The Bertz CT molecular complexity index is 151. The lowest BCUT2D eigenvalue weighted by atomic mass is 10.5. The number of ether oxygens (including phenoxy) is 2. The van der Waals surface area contributed by atoms with Crippen LogP contribution in [0.3, 0.4) is 0 Å². The number of carbonyl (C=O) groups excluding carboxylic acids is 2. The average Bonchev–Trinajstić information content (AvgIpc) is 2.47. The molecule has 0 bridgehead atoms. The molecule has 1 aliphatic heterocycles. The fourth-order valence-corrected chi connectivity index (χ4v) is 0.444. The monoisotopic (exact) mass is 130 g/mol. The summed E-state index contributed by atoms with van der Waals surface area (Å²) in [4.78, 5) is 20.5. The van der Waals surface area contributed by atoms with Gasteiger partial charge in [-0.25, -0.2) is 9.59 Å². The van der Waals surface area contributed by atoms with Crippen LogP contribution in [-0.4, -0.2) is 24.6 Å². The Morgan fingerprint density at radius 2 is 2.44 bits per heavy atom. The van der Waals surface area contributed by atoms with Crippen LogP contribution < -0.4 is 0 Å². The molecule has 0 aromatic heterocycles. The van der Waals surface area contributed by atoms with E-state index in [9.17, 15) is 9.59 Å². The third-order valence-corrected chi connectivity index (χ3v) is 0.892. The largest absolute Gasteiger partial charge is 0.463 e. The molecule has 0 N–H and O–H groups in total. The molecule has 1 rings (SSSR count). The van der Waals surface area contributed by atoms with Gasteiger partial charge in [0.2, 0.25) is 0 Å². The molecular weight excluding hydrogens is 124 g/mol. The minimum absolute atomic E-state index is 0.284. The Hall–Kier alpha value is -1.06. The number of hydrogen-bond acceptors (Lipinski definition) is 4. The molecule has 1 unspecified atom stereocenters. The van der Waals surface area contributed by atoms with Crippen LogP contribution in [0.2, 0.25) is 0 Å². The van der Waals surface area contributed by atoms with E-state index in [0.717, 1.165) is 0 Å². The maximum Gasteiger partial charge on any atom is 0.360 e. The summed E-state index contributed by atoms with van der Waals surface area (Å²) in [6, 6.07) is 0. The number of esters is 1. The average molecular weight is 130 g/mol. The molecule has 0 spiro atoms. The fraction of sp³-hybridized carbons (Fsp3) is 0.600. The van der Waals surface area contributed by atoms with Crippen molar-refractivity contribution in [2.24, 2.45) is 0 Å². The maximum atomic E-state index is 10.4. The van der Waals surface area contributed by atoms with Crippen molar-refractivity contribution in [3.05, 3.63) is 0 Å². The molecule has 4 nitrogen and oxygen atoms in total. The van der Waals surface area contributed by atoms with Gasteiger partial charge in [0.1, 0.15) is 0 Å². The zero-order chi connectivity index (χ0) is 6.85. The van der Waals surface area contributed by atoms with E-state index in [4.69, 9.17) is 0 Å². The molecule has 0 aliphatic carbocycles. The number of epoxide rings is 1. The van der Waals surface area contributed by atoms with E-state index < -0.39 is 18.0 Å².